The number of aromatic nitrogens is 4. The number of nitrogens with two attached hydrogens (primary N) is 1. The van der Waals surface area contributed by atoms with Gasteiger partial charge in [-0.1, -0.05) is 11.6 Å². The van der Waals surface area contributed by atoms with Crippen LogP contribution < -0.4 is 11.1 Å². The summed E-state index contributed by atoms with van der Waals surface area (Å²) in [4.78, 5) is 8.05. The maximum Gasteiger partial charge on any atom is 0.149 e. The van der Waals surface area contributed by atoms with Crippen molar-refractivity contribution < 1.29 is 0 Å². The Hall–Kier alpha value is -1.99. The third-order valence-electron chi connectivity index (χ3n) is 2.30. The lowest BCUT2D eigenvalue weighted by Gasteiger charge is -2.07. The summed E-state index contributed by atoms with van der Waals surface area (Å²) >= 11 is 7.28. The van der Waals surface area contributed by atoms with Crippen molar-refractivity contribution in [1.29, 1.82) is 0 Å². The molecule has 0 aliphatic rings. The van der Waals surface area contributed by atoms with Gasteiger partial charge < -0.3 is 11.1 Å². The van der Waals surface area contributed by atoms with Crippen LogP contribution in [0, 0.1) is 0 Å². The summed E-state index contributed by atoms with van der Waals surface area (Å²) in [5, 5.41) is 3.62. The van der Waals surface area contributed by atoms with Gasteiger partial charge in [0.25, 0.3) is 0 Å². The molecule has 0 fully saturated rings. The number of fused-ring (bicyclic) bond motifs is 1. The van der Waals surface area contributed by atoms with E-state index in [1.54, 1.807) is 6.07 Å². The molecule has 3 aromatic rings. The molecule has 0 bridgehead atoms. The minimum absolute atomic E-state index is 0.361. The fourth-order valence-corrected chi connectivity index (χ4v) is 2.22. The zero-order valence-electron chi connectivity index (χ0n) is 8.96. The van der Waals surface area contributed by atoms with Gasteiger partial charge in [0.15, 0.2) is 0 Å². The molecule has 0 amide bonds. The smallest absolute Gasteiger partial charge is 0.149 e. The number of nitrogens with zero attached hydrogens (tertiary/aromatic N) is 4. The summed E-state index contributed by atoms with van der Waals surface area (Å²) in [6, 6.07) is 3.58. The van der Waals surface area contributed by atoms with Gasteiger partial charge in [-0.2, -0.15) is 8.75 Å². The zero-order chi connectivity index (χ0) is 12.5. The van der Waals surface area contributed by atoms with Crippen LogP contribution in [0.25, 0.3) is 11.0 Å². The lowest BCUT2D eigenvalue weighted by molar-refractivity contribution is 1.21. The number of anilines is 3. The van der Waals surface area contributed by atoms with Crippen LogP contribution in [0.4, 0.5) is 17.3 Å². The van der Waals surface area contributed by atoms with Crippen LogP contribution in [0.1, 0.15) is 0 Å². The average molecular weight is 279 g/mol. The van der Waals surface area contributed by atoms with E-state index in [1.165, 1.54) is 12.4 Å². The van der Waals surface area contributed by atoms with E-state index in [1.807, 2.05) is 6.07 Å². The highest BCUT2D eigenvalue weighted by Crippen LogP contribution is 2.31. The van der Waals surface area contributed by atoms with Gasteiger partial charge in [0.05, 0.1) is 34.8 Å². The van der Waals surface area contributed by atoms with Gasteiger partial charge >= 0.3 is 0 Å². The SMILES string of the molecule is Nc1cnc(Nc2c(Cl)ccc3nsnc23)cn1. The first-order valence-corrected chi connectivity index (χ1v) is 6.10. The second-order valence-corrected chi connectivity index (χ2v) is 4.44. The van der Waals surface area contributed by atoms with Crippen molar-refractivity contribution in [2.75, 3.05) is 11.1 Å². The molecule has 2 heterocycles. The molecule has 0 saturated heterocycles. The molecule has 0 saturated carbocycles. The maximum absolute atomic E-state index is 6.14. The number of benzene rings is 1. The minimum atomic E-state index is 0.361. The number of nitrogen functional groups attached to an aromatic ring is 1. The van der Waals surface area contributed by atoms with Crippen LogP contribution in [0.5, 0.6) is 0 Å². The van der Waals surface area contributed by atoms with Crippen molar-refractivity contribution in [3.63, 3.8) is 0 Å². The molecule has 0 radical (unpaired) electrons. The number of rotatable bonds is 2. The van der Waals surface area contributed by atoms with Gasteiger partial charge in [-0.05, 0) is 12.1 Å². The van der Waals surface area contributed by atoms with Crippen LogP contribution in [-0.2, 0) is 0 Å². The molecular formula is C10H7ClN6S. The Bertz CT molecular complexity index is 695. The van der Waals surface area contributed by atoms with Crippen molar-refractivity contribution in [2.24, 2.45) is 0 Å². The Morgan fingerprint density at radius 3 is 2.83 bits per heavy atom. The highest BCUT2D eigenvalue weighted by atomic mass is 35.5. The summed E-state index contributed by atoms with van der Waals surface area (Å²) < 4.78 is 8.36. The van der Waals surface area contributed by atoms with Crippen LogP contribution in [0.2, 0.25) is 5.02 Å². The second kappa shape index (κ2) is 4.35. The van der Waals surface area contributed by atoms with Crippen LogP contribution in [-0.4, -0.2) is 18.7 Å². The molecule has 90 valence electrons. The second-order valence-electron chi connectivity index (χ2n) is 3.51. The Balaban J connectivity index is 2.06. The van der Waals surface area contributed by atoms with Crippen LogP contribution >= 0.6 is 23.3 Å². The highest BCUT2D eigenvalue weighted by molar-refractivity contribution is 7.00. The van der Waals surface area contributed by atoms with E-state index in [0.29, 0.717) is 27.9 Å². The molecule has 3 N–H and O–H groups in total. The predicted octanol–water partition coefficient (Wildman–Crippen LogP) is 2.46. The summed E-state index contributed by atoms with van der Waals surface area (Å²) in [6.45, 7) is 0. The van der Waals surface area contributed by atoms with Crippen molar-refractivity contribution >= 4 is 51.7 Å². The molecule has 1 aromatic carbocycles. The zero-order valence-corrected chi connectivity index (χ0v) is 10.5. The molecule has 0 spiro atoms. The first-order valence-electron chi connectivity index (χ1n) is 4.99. The van der Waals surface area contributed by atoms with Crippen molar-refractivity contribution in [1.82, 2.24) is 18.7 Å². The van der Waals surface area contributed by atoms with E-state index < -0.39 is 0 Å². The van der Waals surface area contributed by atoms with Gasteiger partial charge in [-0.25, -0.2) is 9.97 Å². The van der Waals surface area contributed by atoms with Gasteiger partial charge in [0.1, 0.15) is 22.7 Å². The normalized spacial score (nSPS) is 10.7. The van der Waals surface area contributed by atoms with E-state index in [-0.39, 0.29) is 0 Å². The summed E-state index contributed by atoms with van der Waals surface area (Å²) in [5.74, 6) is 0.909. The van der Waals surface area contributed by atoms with E-state index in [2.05, 4.69) is 24.0 Å². The lowest BCUT2D eigenvalue weighted by Crippen LogP contribution is -1.98. The number of hydrogen-bond acceptors (Lipinski definition) is 7. The third-order valence-corrected chi connectivity index (χ3v) is 3.16. The number of halogens is 1. The van der Waals surface area contributed by atoms with E-state index in [0.717, 1.165) is 17.2 Å². The number of hydrogen-bond donors (Lipinski definition) is 2. The van der Waals surface area contributed by atoms with Crippen molar-refractivity contribution in [3.05, 3.63) is 29.5 Å². The Morgan fingerprint density at radius 1 is 1.17 bits per heavy atom. The quantitative estimate of drug-likeness (QED) is 0.748. The molecule has 18 heavy (non-hydrogen) atoms. The summed E-state index contributed by atoms with van der Waals surface area (Å²) in [6.07, 6.45) is 3.00. The van der Waals surface area contributed by atoms with Crippen LogP contribution in [0.3, 0.4) is 0 Å². The molecule has 0 aliphatic carbocycles. The summed E-state index contributed by atoms with van der Waals surface area (Å²) in [5.41, 5.74) is 7.65. The minimum Gasteiger partial charge on any atom is -0.382 e. The fourth-order valence-electron chi connectivity index (χ4n) is 1.48. The molecule has 8 heteroatoms. The molecule has 0 unspecified atom stereocenters. The Morgan fingerprint density at radius 2 is 2.06 bits per heavy atom. The molecule has 0 atom stereocenters. The monoisotopic (exact) mass is 278 g/mol. The number of nitrogens with one attached hydrogen (secondary N) is 1. The molecule has 0 aliphatic heterocycles. The van der Waals surface area contributed by atoms with Crippen molar-refractivity contribution in [3.8, 4) is 0 Å². The van der Waals surface area contributed by atoms with Gasteiger partial charge in [-0.3, -0.25) is 0 Å². The van der Waals surface area contributed by atoms with E-state index in [4.69, 9.17) is 17.3 Å². The Kier molecular flexibility index (Phi) is 2.69. The van der Waals surface area contributed by atoms with Gasteiger partial charge in [-0.15, -0.1) is 0 Å². The van der Waals surface area contributed by atoms with E-state index >= 15 is 0 Å². The largest absolute Gasteiger partial charge is 0.382 e. The molecule has 3 rings (SSSR count). The topological polar surface area (TPSA) is 89.6 Å². The Labute approximate surface area is 111 Å². The van der Waals surface area contributed by atoms with Gasteiger partial charge in [0.2, 0.25) is 0 Å². The fraction of sp³-hybridized carbons (Fsp3) is 0. The average Bonchev–Trinajstić information content (AvgIpc) is 2.84. The molecular weight excluding hydrogens is 272 g/mol. The maximum atomic E-state index is 6.14. The highest BCUT2D eigenvalue weighted by Gasteiger charge is 2.10. The molecule has 2 aromatic heterocycles. The third kappa shape index (κ3) is 1.93. The summed E-state index contributed by atoms with van der Waals surface area (Å²) in [7, 11) is 0. The lowest BCUT2D eigenvalue weighted by atomic mass is 10.2. The predicted molar refractivity (Wildman–Crippen MR) is 72.2 cm³/mol. The molecule has 6 nitrogen and oxygen atoms in total. The van der Waals surface area contributed by atoms with E-state index in [9.17, 15) is 0 Å². The first kappa shape index (κ1) is 11.1. The van der Waals surface area contributed by atoms with Crippen LogP contribution in [0.15, 0.2) is 24.5 Å². The first-order chi connectivity index (χ1) is 8.74. The standard InChI is InChI=1S/C10H7ClN6S/c11-5-1-2-6-10(17-18-16-6)9(5)15-8-4-13-7(12)3-14-8/h1-4H,(H2,12,13)(H,14,15). The van der Waals surface area contributed by atoms with Crippen molar-refractivity contribution in [2.45, 2.75) is 0 Å². The van der Waals surface area contributed by atoms with Gasteiger partial charge in [0, 0.05) is 0 Å².